The number of ether oxygens (including phenoxy) is 1. The van der Waals surface area contributed by atoms with Gasteiger partial charge in [-0.1, -0.05) is 17.7 Å². The second kappa shape index (κ2) is 6.15. The van der Waals surface area contributed by atoms with E-state index in [1.807, 2.05) is 0 Å². The molecule has 0 bridgehead atoms. The molecule has 3 heteroatoms. The molecule has 2 aliphatic rings. The van der Waals surface area contributed by atoms with E-state index in [1.54, 1.807) is 0 Å². The fourth-order valence-electron chi connectivity index (χ4n) is 3.57. The smallest absolute Gasteiger partial charge is 0.0594 e. The second-order valence-corrected chi connectivity index (χ2v) is 6.16. The first-order valence-corrected chi connectivity index (χ1v) is 7.88. The van der Waals surface area contributed by atoms with Crippen LogP contribution in [0.25, 0.3) is 0 Å². The molecular weight excluding hydrogens is 248 g/mol. The molecule has 20 heavy (non-hydrogen) atoms. The van der Waals surface area contributed by atoms with Crippen molar-refractivity contribution >= 4 is 5.69 Å². The lowest BCUT2D eigenvalue weighted by atomic mass is 10.0. The minimum Gasteiger partial charge on any atom is -0.379 e. The number of morpholine rings is 1. The molecule has 0 unspecified atom stereocenters. The van der Waals surface area contributed by atoms with E-state index < -0.39 is 0 Å². The predicted octanol–water partition coefficient (Wildman–Crippen LogP) is 2.60. The van der Waals surface area contributed by atoms with E-state index >= 15 is 0 Å². The fraction of sp³-hybridized carbons (Fsp3) is 0.647. The average Bonchev–Trinajstić information content (AvgIpc) is 2.48. The summed E-state index contributed by atoms with van der Waals surface area (Å²) in [6.07, 6.45) is 2.57. The van der Waals surface area contributed by atoms with Gasteiger partial charge in [-0.3, -0.25) is 4.90 Å². The van der Waals surface area contributed by atoms with Gasteiger partial charge >= 0.3 is 0 Å². The lowest BCUT2D eigenvalue weighted by Crippen LogP contribution is -2.49. The van der Waals surface area contributed by atoms with Crippen LogP contribution in [0.4, 0.5) is 5.69 Å². The molecule has 1 aromatic carbocycles. The Kier molecular flexibility index (Phi) is 4.27. The van der Waals surface area contributed by atoms with Gasteiger partial charge in [-0.25, -0.2) is 0 Å². The second-order valence-electron chi connectivity index (χ2n) is 6.16. The Balaban J connectivity index is 1.60. The third-order valence-corrected chi connectivity index (χ3v) is 4.72. The lowest BCUT2D eigenvalue weighted by Gasteiger charge is -2.41. The number of rotatable bonds is 2. The molecule has 3 nitrogen and oxygen atoms in total. The summed E-state index contributed by atoms with van der Waals surface area (Å²) in [6, 6.07) is 7.58. The van der Waals surface area contributed by atoms with Gasteiger partial charge in [0.15, 0.2) is 0 Å². The Morgan fingerprint density at radius 1 is 1.00 bits per heavy atom. The lowest BCUT2D eigenvalue weighted by molar-refractivity contribution is 0.0115. The van der Waals surface area contributed by atoms with Crippen molar-refractivity contribution in [2.75, 3.05) is 44.3 Å². The Hall–Kier alpha value is -1.06. The number of nitrogens with zero attached hydrogens (tertiary/aromatic N) is 2. The van der Waals surface area contributed by atoms with Crippen molar-refractivity contribution in [3.8, 4) is 0 Å². The van der Waals surface area contributed by atoms with Crippen LogP contribution < -0.4 is 4.90 Å². The van der Waals surface area contributed by atoms with Crippen molar-refractivity contribution in [3.05, 3.63) is 29.3 Å². The summed E-state index contributed by atoms with van der Waals surface area (Å²) in [5, 5.41) is 0. The highest BCUT2D eigenvalue weighted by Crippen LogP contribution is 2.26. The van der Waals surface area contributed by atoms with Crippen molar-refractivity contribution in [2.24, 2.45) is 0 Å². The number of hydrogen-bond donors (Lipinski definition) is 0. The number of piperidine rings is 1. The van der Waals surface area contributed by atoms with Crippen LogP contribution in [0.15, 0.2) is 18.2 Å². The molecule has 0 atom stereocenters. The van der Waals surface area contributed by atoms with Gasteiger partial charge in [-0.05, 0) is 38.3 Å². The molecule has 0 saturated carbocycles. The first kappa shape index (κ1) is 13.9. The Labute approximate surface area is 122 Å². The van der Waals surface area contributed by atoms with Gasteiger partial charge in [-0.15, -0.1) is 0 Å². The molecule has 0 N–H and O–H groups in total. The quantitative estimate of drug-likeness (QED) is 0.824. The van der Waals surface area contributed by atoms with Gasteiger partial charge in [-0.2, -0.15) is 0 Å². The van der Waals surface area contributed by atoms with Crippen LogP contribution in [-0.4, -0.2) is 50.3 Å². The van der Waals surface area contributed by atoms with Gasteiger partial charge in [0.25, 0.3) is 0 Å². The molecule has 110 valence electrons. The van der Waals surface area contributed by atoms with Gasteiger partial charge in [0.2, 0.25) is 0 Å². The molecule has 2 heterocycles. The van der Waals surface area contributed by atoms with Crippen LogP contribution in [-0.2, 0) is 4.74 Å². The van der Waals surface area contributed by atoms with Crippen LogP contribution >= 0.6 is 0 Å². The summed E-state index contributed by atoms with van der Waals surface area (Å²) in [6.45, 7) is 10.8. The minimum absolute atomic E-state index is 0.765. The largest absolute Gasteiger partial charge is 0.379 e. The first-order chi connectivity index (χ1) is 9.74. The van der Waals surface area contributed by atoms with Gasteiger partial charge in [0.05, 0.1) is 13.2 Å². The maximum Gasteiger partial charge on any atom is 0.0594 e. The zero-order valence-corrected chi connectivity index (χ0v) is 12.8. The molecule has 0 spiro atoms. The van der Waals surface area contributed by atoms with Gasteiger partial charge in [0, 0.05) is 37.9 Å². The average molecular weight is 274 g/mol. The van der Waals surface area contributed by atoms with Crippen LogP contribution in [0, 0.1) is 13.8 Å². The van der Waals surface area contributed by atoms with Crippen molar-refractivity contribution < 1.29 is 4.74 Å². The maximum absolute atomic E-state index is 5.46. The monoisotopic (exact) mass is 274 g/mol. The summed E-state index contributed by atoms with van der Waals surface area (Å²) in [4.78, 5) is 5.19. The molecule has 2 aliphatic heterocycles. The van der Waals surface area contributed by atoms with Crippen LogP contribution in [0.1, 0.15) is 24.0 Å². The SMILES string of the molecule is Cc1ccc(N2CCC(N3CCOCC3)CC2)c(C)c1. The van der Waals surface area contributed by atoms with E-state index in [9.17, 15) is 0 Å². The van der Waals surface area contributed by atoms with Crippen molar-refractivity contribution in [2.45, 2.75) is 32.7 Å². The van der Waals surface area contributed by atoms with E-state index in [0.29, 0.717) is 0 Å². The highest BCUT2D eigenvalue weighted by molar-refractivity contribution is 5.54. The summed E-state index contributed by atoms with van der Waals surface area (Å²) in [5.41, 5.74) is 4.19. The summed E-state index contributed by atoms with van der Waals surface area (Å²) in [5.74, 6) is 0. The Morgan fingerprint density at radius 2 is 1.70 bits per heavy atom. The normalized spacial score (nSPS) is 22.2. The van der Waals surface area contributed by atoms with Crippen LogP contribution in [0.3, 0.4) is 0 Å². The van der Waals surface area contributed by atoms with Crippen LogP contribution in [0.5, 0.6) is 0 Å². The Morgan fingerprint density at radius 3 is 2.35 bits per heavy atom. The van der Waals surface area contributed by atoms with E-state index in [-0.39, 0.29) is 0 Å². The molecule has 0 aliphatic carbocycles. The molecule has 1 aromatic rings. The number of hydrogen-bond acceptors (Lipinski definition) is 3. The molecule has 0 radical (unpaired) electrons. The molecule has 3 rings (SSSR count). The van der Waals surface area contributed by atoms with E-state index in [2.05, 4.69) is 41.8 Å². The molecular formula is C17H26N2O. The third-order valence-electron chi connectivity index (χ3n) is 4.72. The molecule has 2 saturated heterocycles. The Bertz CT molecular complexity index is 446. The fourth-order valence-corrected chi connectivity index (χ4v) is 3.57. The third kappa shape index (κ3) is 2.99. The predicted molar refractivity (Wildman–Crippen MR) is 83.5 cm³/mol. The van der Waals surface area contributed by atoms with E-state index in [1.165, 1.54) is 42.7 Å². The van der Waals surface area contributed by atoms with E-state index in [4.69, 9.17) is 4.74 Å². The molecule has 0 aromatic heterocycles. The van der Waals surface area contributed by atoms with Crippen LogP contribution in [0.2, 0.25) is 0 Å². The topological polar surface area (TPSA) is 15.7 Å². The summed E-state index contributed by atoms with van der Waals surface area (Å²) in [7, 11) is 0. The molecule has 0 amide bonds. The van der Waals surface area contributed by atoms with Gasteiger partial charge in [0.1, 0.15) is 0 Å². The minimum atomic E-state index is 0.765. The summed E-state index contributed by atoms with van der Waals surface area (Å²) >= 11 is 0. The highest BCUT2D eigenvalue weighted by atomic mass is 16.5. The zero-order valence-electron chi connectivity index (χ0n) is 12.8. The standard InChI is InChI=1S/C17H26N2O/c1-14-3-4-17(15(2)13-14)19-7-5-16(6-8-19)18-9-11-20-12-10-18/h3-4,13,16H,5-12H2,1-2H3. The number of anilines is 1. The summed E-state index contributed by atoms with van der Waals surface area (Å²) < 4.78 is 5.46. The molecule has 2 fully saturated rings. The van der Waals surface area contributed by atoms with Gasteiger partial charge < -0.3 is 9.64 Å². The van der Waals surface area contributed by atoms with Crippen molar-refractivity contribution in [1.29, 1.82) is 0 Å². The maximum atomic E-state index is 5.46. The number of aryl methyl sites for hydroxylation is 2. The zero-order chi connectivity index (χ0) is 13.9. The number of benzene rings is 1. The van der Waals surface area contributed by atoms with Crippen molar-refractivity contribution in [1.82, 2.24) is 4.90 Å². The van der Waals surface area contributed by atoms with Crippen molar-refractivity contribution in [3.63, 3.8) is 0 Å². The first-order valence-electron chi connectivity index (χ1n) is 7.88. The van der Waals surface area contributed by atoms with E-state index in [0.717, 1.165) is 32.3 Å². The highest BCUT2D eigenvalue weighted by Gasteiger charge is 2.26.